The zero-order chi connectivity index (χ0) is 24.6. The number of hydrogen-bond acceptors (Lipinski definition) is 7. The molecule has 36 heavy (non-hydrogen) atoms. The number of carbonyl (C=O) groups excluding carboxylic acids is 1. The van der Waals surface area contributed by atoms with E-state index in [1.807, 2.05) is 47.4 Å². The fraction of sp³-hybridized carbons (Fsp3) is 0.321. The summed E-state index contributed by atoms with van der Waals surface area (Å²) in [5, 5.41) is 0.895. The molecule has 5 rings (SSSR count). The van der Waals surface area contributed by atoms with Gasteiger partial charge in [0, 0.05) is 59.6 Å². The van der Waals surface area contributed by atoms with Crippen molar-refractivity contribution < 1.29 is 9.53 Å². The van der Waals surface area contributed by atoms with E-state index in [0.717, 1.165) is 39.8 Å². The van der Waals surface area contributed by atoms with E-state index in [4.69, 9.17) is 4.74 Å². The lowest BCUT2D eigenvalue weighted by Crippen LogP contribution is -2.58. The van der Waals surface area contributed by atoms with Crippen molar-refractivity contribution in [2.24, 2.45) is 0 Å². The van der Waals surface area contributed by atoms with Crippen LogP contribution in [-0.2, 0) is 0 Å². The lowest BCUT2D eigenvalue weighted by Gasteiger charge is -2.45. The number of aromatic nitrogens is 4. The molecule has 0 aliphatic carbocycles. The van der Waals surface area contributed by atoms with Crippen molar-refractivity contribution in [1.29, 1.82) is 0 Å². The number of piperazine rings is 1. The summed E-state index contributed by atoms with van der Waals surface area (Å²) in [5.74, 6) is 0.0439. The second kappa shape index (κ2) is 9.99. The highest BCUT2D eigenvalue weighted by atomic mass is 16.5. The molecule has 1 amide bonds. The molecular weight excluding hydrogens is 452 g/mol. The van der Waals surface area contributed by atoms with Crippen LogP contribution in [0.2, 0.25) is 0 Å². The minimum absolute atomic E-state index is 0. The van der Waals surface area contributed by atoms with Crippen LogP contribution in [0.4, 0.5) is 0 Å². The molecule has 186 valence electrons. The average Bonchev–Trinajstić information content (AvgIpc) is 2.89. The summed E-state index contributed by atoms with van der Waals surface area (Å²) in [6.45, 7) is 6.60. The summed E-state index contributed by atoms with van der Waals surface area (Å²) in [5.41, 5.74) is 4.89. The Morgan fingerprint density at radius 1 is 0.944 bits per heavy atom. The van der Waals surface area contributed by atoms with E-state index >= 15 is 0 Å². The number of likely N-dealkylation sites (N-methyl/N-ethyl adjacent to an activating group) is 1. The fourth-order valence-electron chi connectivity index (χ4n) is 4.43. The first-order valence-corrected chi connectivity index (χ1v) is 11.6. The number of methoxy groups -OCH3 is 1. The molecule has 0 atom stereocenters. The van der Waals surface area contributed by atoms with Crippen LogP contribution in [0.15, 0.2) is 61.2 Å². The first-order chi connectivity index (χ1) is 16.9. The Balaban J connectivity index is 0.00000304. The highest BCUT2D eigenvalue weighted by molar-refractivity contribution is 5.98. The summed E-state index contributed by atoms with van der Waals surface area (Å²) in [6, 6.07) is 14.0. The summed E-state index contributed by atoms with van der Waals surface area (Å²) in [6.07, 6.45) is 5.02. The number of carbonyl (C=O) groups is 1. The number of rotatable bonds is 4. The highest BCUT2D eigenvalue weighted by Crippen LogP contribution is 2.30. The van der Waals surface area contributed by atoms with Crippen LogP contribution < -0.4 is 4.74 Å². The topological polar surface area (TPSA) is 84.3 Å². The maximum atomic E-state index is 13.4. The molecule has 1 aliphatic heterocycles. The Kier molecular flexibility index (Phi) is 6.99. The minimum Gasteiger partial charge on any atom is -0.467 e. The van der Waals surface area contributed by atoms with Gasteiger partial charge in [-0.05, 0) is 50.7 Å². The third-order valence-electron chi connectivity index (χ3n) is 6.77. The van der Waals surface area contributed by atoms with Gasteiger partial charge in [-0.3, -0.25) is 9.69 Å². The summed E-state index contributed by atoms with van der Waals surface area (Å²) in [4.78, 5) is 35.1. The predicted molar refractivity (Wildman–Crippen MR) is 142 cm³/mol. The standard InChI is InChI=1S/C27H28N6O2.CH4/c1-27(2)16-33(11-10-32(27)3)25(34)20-7-5-6-19(12-20)24-22-13-18(8-9-23(22)30-17-31-24)21-14-28-26(35-4)29-15-21;/h5-9,12-15,17H,10-11,16H2,1-4H3;1H4. The van der Waals surface area contributed by atoms with Gasteiger partial charge in [-0.2, -0.15) is 0 Å². The van der Waals surface area contributed by atoms with Gasteiger partial charge in [0.05, 0.1) is 18.3 Å². The van der Waals surface area contributed by atoms with Gasteiger partial charge in [0.15, 0.2) is 0 Å². The molecule has 0 unspecified atom stereocenters. The van der Waals surface area contributed by atoms with Crippen LogP contribution in [0.3, 0.4) is 0 Å². The van der Waals surface area contributed by atoms with E-state index in [1.165, 1.54) is 7.11 Å². The van der Waals surface area contributed by atoms with E-state index < -0.39 is 0 Å². The van der Waals surface area contributed by atoms with E-state index in [0.29, 0.717) is 24.7 Å². The summed E-state index contributed by atoms with van der Waals surface area (Å²) >= 11 is 0. The molecule has 0 radical (unpaired) electrons. The lowest BCUT2D eigenvalue weighted by atomic mass is 9.98. The second-order valence-electron chi connectivity index (χ2n) is 9.45. The van der Waals surface area contributed by atoms with Crippen molar-refractivity contribution in [2.45, 2.75) is 26.8 Å². The molecule has 3 heterocycles. The van der Waals surface area contributed by atoms with Crippen LogP contribution in [0.1, 0.15) is 31.6 Å². The maximum Gasteiger partial charge on any atom is 0.316 e. The molecule has 2 aromatic carbocycles. The first kappa shape index (κ1) is 25.2. The van der Waals surface area contributed by atoms with Crippen molar-refractivity contribution in [3.63, 3.8) is 0 Å². The normalized spacial score (nSPS) is 15.4. The third kappa shape index (κ3) is 4.77. The molecule has 1 saturated heterocycles. The van der Waals surface area contributed by atoms with E-state index in [9.17, 15) is 4.79 Å². The largest absolute Gasteiger partial charge is 0.467 e. The molecule has 1 fully saturated rings. The van der Waals surface area contributed by atoms with Gasteiger partial charge >= 0.3 is 6.01 Å². The zero-order valence-corrected chi connectivity index (χ0v) is 20.4. The Hall–Kier alpha value is -3.91. The van der Waals surface area contributed by atoms with Crippen LogP contribution in [-0.4, -0.2) is 75.0 Å². The van der Waals surface area contributed by atoms with Gasteiger partial charge in [-0.1, -0.05) is 25.6 Å². The van der Waals surface area contributed by atoms with Crippen molar-refractivity contribution in [1.82, 2.24) is 29.7 Å². The maximum absolute atomic E-state index is 13.4. The molecule has 0 N–H and O–H groups in total. The van der Waals surface area contributed by atoms with Crippen molar-refractivity contribution >= 4 is 16.8 Å². The monoisotopic (exact) mass is 484 g/mol. The Morgan fingerprint density at radius 2 is 1.72 bits per heavy atom. The number of fused-ring (bicyclic) bond motifs is 1. The van der Waals surface area contributed by atoms with Gasteiger partial charge in [-0.25, -0.2) is 19.9 Å². The van der Waals surface area contributed by atoms with Crippen LogP contribution in [0.5, 0.6) is 6.01 Å². The number of nitrogens with zero attached hydrogens (tertiary/aromatic N) is 6. The Morgan fingerprint density at radius 3 is 2.44 bits per heavy atom. The molecule has 4 aromatic rings. The smallest absolute Gasteiger partial charge is 0.316 e. The van der Waals surface area contributed by atoms with Gasteiger partial charge in [0.1, 0.15) is 6.33 Å². The zero-order valence-electron chi connectivity index (χ0n) is 20.4. The van der Waals surface area contributed by atoms with E-state index in [-0.39, 0.29) is 18.9 Å². The van der Waals surface area contributed by atoms with Crippen LogP contribution in [0, 0.1) is 0 Å². The lowest BCUT2D eigenvalue weighted by molar-refractivity contribution is 0.0311. The third-order valence-corrected chi connectivity index (χ3v) is 6.77. The minimum atomic E-state index is -0.0596. The van der Waals surface area contributed by atoms with Gasteiger partial charge in [0.2, 0.25) is 0 Å². The van der Waals surface area contributed by atoms with Crippen molar-refractivity contribution in [3.8, 4) is 28.4 Å². The summed E-state index contributed by atoms with van der Waals surface area (Å²) < 4.78 is 5.07. The van der Waals surface area contributed by atoms with E-state index in [1.54, 1.807) is 18.7 Å². The van der Waals surface area contributed by atoms with E-state index in [2.05, 4.69) is 45.7 Å². The average molecular weight is 485 g/mol. The number of ether oxygens (including phenoxy) is 1. The molecule has 0 saturated carbocycles. The quantitative estimate of drug-likeness (QED) is 0.420. The van der Waals surface area contributed by atoms with Crippen molar-refractivity contribution in [2.75, 3.05) is 33.8 Å². The first-order valence-electron chi connectivity index (χ1n) is 11.6. The predicted octanol–water partition coefficient (Wildman–Crippen LogP) is 4.56. The van der Waals surface area contributed by atoms with Gasteiger partial charge < -0.3 is 9.64 Å². The number of benzene rings is 2. The summed E-state index contributed by atoms with van der Waals surface area (Å²) in [7, 11) is 3.65. The van der Waals surface area contributed by atoms with Gasteiger partial charge in [0.25, 0.3) is 5.91 Å². The van der Waals surface area contributed by atoms with Gasteiger partial charge in [-0.15, -0.1) is 0 Å². The number of amides is 1. The molecule has 8 nitrogen and oxygen atoms in total. The SMILES string of the molecule is C.COc1ncc(-c2ccc3ncnc(-c4cccc(C(=O)N5CCN(C)C(C)(C)C5)c4)c3c2)cn1. The number of hydrogen-bond donors (Lipinski definition) is 0. The Labute approximate surface area is 212 Å². The molecule has 2 aromatic heterocycles. The molecule has 8 heteroatoms. The highest BCUT2D eigenvalue weighted by Gasteiger charge is 2.33. The second-order valence-corrected chi connectivity index (χ2v) is 9.45. The molecule has 0 spiro atoms. The van der Waals surface area contributed by atoms with Crippen LogP contribution in [0.25, 0.3) is 33.3 Å². The van der Waals surface area contributed by atoms with Crippen LogP contribution >= 0.6 is 0 Å². The molecule has 0 bridgehead atoms. The Bertz CT molecular complexity index is 1390. The molecule has 1 aliphatic rings. The molecular formula is C28H32N6O2. The fourth-order valence-corrected chi connectivity index (χ4v) is 4.43. The van der Waals surface area contributed by atoms with Crippen molar-refractivity contribution in [3.05, 3.63) is 66.7 Å².